The second kappa shape index (κ2) is 8.55. The van der Waals surface area contributed by atoms with E-state index in [0.29, 0.717) is 18.4 Å². The van der Waals surface area contributed by atoms with Crippen LogP contribution in [-0.4, -0.2) is 42.3 Å². The Morgan fingerprint density at radius 3 is 2.66 bits per heavy atom. The molecule has 2 bridgehead atoms. The van der Waals surface area contributed by atoms with Crippen molar-refractivity contribution in [1.82, 2.24) is 9.88 Å². The number of methoxy groups -OCH3 is 2. The van der Waals surface area contributed by atoms with Gasteiger partial charge in [0.2, 0.25) is 11.8 Å². The van der Waals surface area contributed by atoms with E-state index in [1.54, 1.807) is 14.2 Å². The van der Waals surface area contributed by atoms with Gasteiger partial charge in [-0.1, -0.05) is 36.4 Å². The Morgan fingerprint density at radius 2 is 1.93 bits per heavy atom. The second-order valence-electron chi connectivity index (χ2n) is 7.41. The molecular weight excluding hydrogens is 368 g/mol. The lowest BCUT2D eigenvalue weighted by molar-refractivity contribution is 0.0510. The molecule has 1 fully saturated rings. The van der Waals surface area contributed by atoms with E-state index in [-0.39, 0.29) is 18.2 Å². The maximum atomic E-state index is 12.9. The van der Waals surface area contributed by atoms with E-state index < -0.39 is 0 Å². The molecular formula is C23H26N2O4. The standard InChI is InChI=1S/C23H26N2O4/c1-27-21-12-11-20(22(24-21)28-2)17-13-18-9-6-10-19(14-17)25(18)23(26)29-15-16-7-4-3-5-8-16/h3-5,7-8,11-13,18-19H,6,9-10,14-15H2,1-2H3. The van der Waals surface area contributed by atoms with Gasteiger partial charge in [-0.2, -0.15) is 4.98 Å². The minimum atomic E-state index is -0.237. The van der Waals surface area contributed by atoms with Crippen LogP contribution in [0.3, 0.4) is 0 Å². The molecule has 0 spiro atoms. The van der Waals surface area contributed by atoms with Crippen molar-refractivity contribution in [2.75, 3.05) is 14.2 Å². The maximum absolute atomic E-state index is 12.9. The molecule has 1 saturated heterocycles. The lowest BCUT2D eigenvalue weighted by Crippen LogP contribution is -2.51. The number of benzene rings is 1. The van der Waals surface area contributed by atoms with Crippen molar-refractivity contribution in [3.05, 3.63) is 59.7 Å². The van der Waals surface area contributed by atoms with Crippen LogP contribution < -0.4 is 9.47 Å². The van der Waals surface area contributed by atoms with Gasteiger partial charge < -0.3 is 14.2 Å². The van der Waals surface area contributed by atoms with Crippen LogP contribution in [0, 0.1) is 0 Å². The molecule has 2 atom stereocenters. The molecule has 0 aliphatic carbocycles. The van der Waals surface area contributed by atoms with E-state index >= 15 is 0 Å². The molecule has 152 valence electrons. The van der Waals surface area contributed by atoms with Gasteiger partial charge >= 0.3 is 6.09 Å². The Kier molecular flexibility index (Phi) is 5.69. The second-order valence-corrected chi connectivity index (χ2v) is 7.41. The minimum Gasteiger partial charge on any atom is -0.481 e. The molecule has 1 amide bonds. The first-order valence-electron chi connectivity index (χ1n) is 9.98. The summed E-state index contributed by atoms with van der Waals surface area (Å²) in [6, 6.07) is 13.8. The Labute approximate surface area is 171 Å². The van der Waals surface area contributed by atoms with Crippen molar-refractivity contribution in [1.29, 1.82) is 0 Å². The number of carbonyl (C=O) groups is 1. The number of rotatable bonds is 5. The third-order valence-electron chi connectivity index (χ3n) is 5.64. The fraction of sp³-hybridized carbons (Fsp3) is 0.391. The van der Waals surface area contributed by atoms with Crippen LogP contribution in [-0.2, 0) is 11.3 Å². The number of carbonyl (C=O) groups excluding carboxylic acids is 1. The Hall–Kier alpha value is -3.02. The van der Waals surface area contributed by atoms with E-state index in [1.165, 1.54) is 5.57 Å². The Bertz CT molecular complexity index is 897. The predicted molar refractivity (Wildman–Crippen MR) is 110 cm³/mol. The van der Waals surface area contributed by atoms with E-state index in [1.807, 2.05) is 47.4 Å². The van der Waals surface area contributed by atoms with Crippen molar-refractivity contribution in [2.24, 2.45) is 0 Å². The number of hydrogen-bond donors (Lipinski definition) is 0. The zero-order chi connectivity index (χ0) is 20.2. The summed E-state index contributed by atoms with van der Waals surface area (Å²) in [6.07, 6.45) is 5.72. The van der Waals surface area contributed by atoms with Crippen molar-refractivity contribution < 1.29 is 19.0 Å². The van der Waals surface area contributed by atoms with Crippen molar-refractivity contribution in [3.63, 3.8) is 0 Å². The average Bonchev–Trinajstić information content (AvgIpc) is 2.76. The number of aromatic nitrogens is 1. The first-order chi connectivity index (χ1) is 14.2. The molecule has 2 aliphatic rings. The van der Waals surface area contributed by atoms with Gasteiger partial charge in [-0.25, -0.2) is 4.79 Å². The molecule has 6 heteroatoms. The topological polar surface area (TPSA) is 60.9 Å². The van der Waals surface area contributed by atoms with Crippen molar-refractivity contribution in [2.45, 2.75) is 44.4 Å². The summed E-state index contributed by atoms with van der Waals surface area (Å²) in [5.41, 5.74) is 3.12. The minimum absolute atomic E-state index is 0.0348. The number of amides is 1. The predicted octanol–water partition coefficient (Wildman–Crippen LogP) is 4.45. The fourth-order valence-electron chi connectivity index (χ4n) is 4.24. The van der Waals surface area contributed by atoms with E-state index in [0.717, 1.165) is 36.8 Å². The summed E-state index contributed by atoms with van der Waals surface area (Å²) in [4.78, 5) is 19.2. The summed E-state index contributed by atoms with van der Waals surface area (Å²) in [5, 5.41) is 0. The molecule has 4 rings (SSSR count). The van der Waals surface area contributed by atoms with Crippen LogP contribution in [0.2, 0.25) is 0 Å². The molecule has 0 radical (unpaired) electrons. The van der Waals surface area contributed by atoms with Crippen LogP contribution in [0.25, 0.3) is 5.57 Å². The lowest BCUT2D eigenvalue weighted by atomic mass is 9.83. The van der Waals surface area contributed by atoms with Gasteiger partial charge in [0.15, 0.2) is 0 Å². The van der Waals surface area contributed by atoms with Crippen LogP contribution >= 0.6 is 0 Å². The third-order valence-corrected chi connectivity index (χ3v) is 5.64. The maximum Gasteiger partial charge on any atom is 0.410 e. The third kappa shape index (κ3) is 4.06. The molecule has 1 aromatic heterocycles. The highest BCUT2D eigenvalue weighted by Crippen LogP contribution is 2.40. The molecule has 6 nitrogen and oxygen atoms in total. The summed E-state index contributed by atoms with van der Waals surface area (Å²) in [5.74, 6) is 1.07. The smallest absolute Gasteiger partial charge is 0.410 e. The van der Waals surface area contributed by atoms with Crippen LogP contribution in [0.1, 0.15) is 36.8 Å². The van der Waals surface area contributed by atoms with Gasteiger partial charge in [0.25, 0.3) is 0 Å². The van der Waals surface area contributed by atoms with Gasteiger partial charge in [0.05, 0.1) is 20.3 Å². The molecule has 2 aliphatic heterocycles. The monoisotopic (exact) mass is 394 g/mol. The zero-order valence-corrected chi connectivity index (χ0v) is 16.8. The molecule has 2 aromatic rings. The van der Waals surface area contributed by atoms with Gasteiger partial charge in [0.1, 0.15) is 6.61 Å². The quantitative estimate of drug-likeness (QED) is 0.750. The van der Waals surface area contributed by atoms with E-state index in [2.05, 4.69) is 11.1 Å². The van der Waals surface area contributed by atoms with Gasteiger partial charge in [0, 0.05) is 17.7 Å². The molecule has 0 saturated carbocycles. The molecule has 29 heavy (non-hydrogen) atoms. The van der Waals surface area contributed by atoms with E-state index in [9.17, 15) is 4.79 Å². The zero-order valence-electron chi connectivity index (χ0n) is 16.8. The summed E-state index contributed by atoms with van der Waals surface area (Å²) in [7, 11) is 3.20. The van der Waals surface area contributed by atoms with E-state index in [4.69, 9.17) is 14.2 Å². The number of nitrogens with zero attached hydrogens (tertiary/aromatic N) is 2. The molecule has 1 aromatic carbocycles. The highest BCUT2D eigenvalue weighted by molar-refractivity contribution is 5.76. The molecule has 0 N–H and O–H groups in total. The number of hydrogen-bond acceptors (Lipinski definition) is 5. The average molecular weight is 394 g/mol. The first-order valence-corrected chi connectivity index (χ1v) is 9.98. The van der Waals surface area contributed by atoms with Crippen molar-refractivity contribution in [3.8, 4) is 11.8 Å². The SMILES string of the molecule is COc1ccc(C2=CC3CCCC(C2)N3C(=O)OCc2ccccc2)c(OC)n1. The number of fused-ring (bicyclic) bond motifs is 2. The fourth-order valence-corrected chi connectivity index (χ4v) is 4.24. The van der Waals surface area contributed by atoms with Crippen molar-refractivity contribution >= 4 is 11.7 Å². The number of pyridine rings is 1. The normalized spacial score (nSPS) is 20.6. The van der Waals surface area contributed by atoms with Crippen LogP contribution in [0.4, 0.5) is 4.79 Å². The Balaban J connectivity index is 1.53. The lowest BCUT2D eigenvalue weighted by Gasteiger charge is -2.44. The number of piperidine rings is 1. The first kappa shape index (κ1) is 19.3. The molecule has 2 unspecified atom stereocenters. The van der Waals surface area contributed by atoms with Gasteiger partial charge in [-0.3, -0.25) is 4.90 Å². The van der Waals surface area contributed by atoms with Gasteiger partial charge in [-0.15, -0.1) is 0 Å². The Morgan fingerprint density at radius 1 is 1.10 bits per heavy atom. The summed E-state index contributed by atoms with van der Waals surface area (Å²) >= 11 is 0. The highest BCUT2D eigenvalue weighted by Gasteiger charge is 2.38. The largest absolute Gasteiger partial charge is 0.481 e. The van der Waals surface area contributed by atoms with Gasteiger partial charge in [-0.05, 0) is 42.9 Å². The van der Waals surface area contributed by atoms with Crippen LogP contribution in [0.5, 0.6) is 11.8 Å². The molecule has 3 heterocycles. The summed E-state index contributed by atoms with van der Waals surface area (Å²) < 4.78 is 16.3. The number of ether oxygens (including phenoxy) is 3. The summed E-state index contributed by atoms with van der Waals surface area (Å²) in [6.45, 7) is 0.294. The highest BCUT2D eigenvalue weighted by atomic mass is 16.6. The van der Waals surface area contributed by atoms with Crippen LogP contribution in [0.15, 0.2) is 48.5 Å².